The minimum absolute atomic E-state index is 0.171. The van der Waals surface area contributed by atoms with Gasteiger partial charge in [0.2, 0.25) is 12.3 Å². The molecule has 1 aliphatic rings. The van der Waals surface area contributed by atoms with E-state index in [1.807, 2.05) is 34.0 Å². The molecule has 0 N–H and O–H groups in total. The largest absolute Gasteiger partial charge is 0.354 e. The van der Waals surface area contributed by atoms with E-state index >= 15 is 0 Å². The van der Waals surface area contributed by atoms with E-state index in [1.54, 1.807) is 4.90 Å². The van der Waals surface area contributed by atoms with Crippen molar-refractivity contribution in [2.45, 2.75) is 13.0 Å². The molecule has 5 heteroatoms. The molecule has 1 aromatic rings. The van der Waals surface area contributed by atoms with Gasteiger partial charge in [-0.2, -0.15) is 0 Å². The summed E-state index contributed by atoms with van der Waals surface area (Å²) in [5, 5.41) is 0. The normalized spacial score (nSPS) is 16.0. The van der Waals surface area contributed by atoms with Gasteiger partial charge in [0.05, 0.1) is 0 Å². The molecule has 0 aromatic carbocycles. The molecule has 1 fully saturated rings. The van der Waals surface area contributed by atoms with Gasteiger partial charge in [0.25, 0.3) is 0 Å². The molecule has 0 saturated carbocycles. The third-order valence-electron chi connectivity index (χ3n) is 3.07. The number of amides is 2. The van der Waals surface area contributed by atoms with Gasteiger partial charge in [-0.05, 0) is 12.1 Å². The Morgan fingerprint density at radius 3 is 2.35 bits per heavy atom. The maximum Gasteiger partial charge on any atom is 0.224 e. The van der Waals surface area contributed by atoms with Crippen LogP contribution >= 0.6 is 0 Å². The molecule has 17 heavy (non-hydrogen) atoms. The summed E-state index contributed by atoms with van der Waals surface area (Å²) in [7, 11) is 0. The van der Waals surface area contributed by atoms with Crippen molar-refractivity contribution in [1.82, 2.24) is 14.4 Å². The number of aryl methyl sites for hydroxylation is 1. The molecule has 0 aliphatic carbocycles. The topological polar surface area (TPSA) is 45.6 Å². The zero-order valence-corrected chi connectivity index (χ0v) is 9.79. The van der Waals surface area contributed by atoms with Crippen LogP contribution < -0.4 is 0 Å². The first-order chi connectivity index (χ1) is 8.29. The molecule has 1 saturated heterocycles. The number of nitrogens with zero attached hydrogens (tertiary/aromatic N) is 3. The second-order valence-corrected chi connectivity index (χ2v) is 4.19. The summed E-state index contributed by atoms with van der Waals surface area (Å²) >= 11 is 0. The van der Waals surface area contributed by atoms with Crippen LogP contribution in [0.1, 0.15) is 6.42 Å². The van der Waals surface area contributed by atoms with Gasteiger partial charge in [-0.3, -0.25) is 9.59 Å². The Balaban J connectivity index is 1.75. The number of aromatic nitrogens is 1. The summed E-state index contributed by atoms with van der Waals surface area (Å²) < 4.78 is 2.00. The zero-order chi connectivity index (χ0) is 12.1. The van der Waals surface area contributed by atoms with Crippen LogP contribution in [0.2, 0.25) is 0 Å². The Labute approximate surface area is 101 Å². The smallest absolute Gasteiger partial charge is 0.224 e. The minimum Gasteiger partial charge on any atom is -0.354 e. The van der Waals surface area contributed by atoms with Gasteiger partial charge in [-0.25, -0.2) is 0 Å². The molecule has 5 nitrogen and oxygen atoms in total. The predicted octanol–water partition coefficient (Wildman–Crippen LogP) is 0.179. The summed E-state index contributed by atoms with van der Waals surface area (Å²) in [5.41, 5.74) is 0. The third kappa shape index (κ3) is 3.09. The molecule has 2 rings (SSSR count). The Morgan fingerprint density at radius 1 is 1.12 bits per heavy atom. The van der Waals surface area contributed by atoms with Crippen LogP contribution in [0.5, 0.6) is 0 Å². The van der Waals surface area contributed by atoms with Crippen molar-refractivity contribution in [2.24, 2.45) is 0 Å². The number of carbonyl (C=O) groups excluding carboxylic acids is 2. The lowest BCUT2D eigenvalue weighted by molar-refractivity contribution is -0.135. The molecular weight excluding hydrogens is 218 g/mol. The van der Waals surface area contributed by atoms with Gasteiger partial charge in [0.15, 0.2) is 0 Å². The maximum atomic E-state index is 11.9. The van der Waals surface area contributed by atoms with Crippen LogP contribution in [0.3, 0.4) is 0 Å². The molecular formula is C12H17N3O2. The van der Waals surface area contributed by atoms with Crippen molar-refractivity contribution in [2.75, 3.05) is 26.2 Å². The minimum atomic E-state index is 0.171. The first-order valence-corrected chi connectivity index (χ1v) is 5.87. The Morgan fingerprint density at radius 2 is 1.76 bits per heavy atom. The molecule has 92 valence electrons. The van der Waals surface area contributed by atoms with E-state index in [4.69, 9.17) is 0 Å². The summed E-state index contributed by atoms with van der Waals surface area (Å²) in [6.45, 7) is 3.34. The lowest BCUT2D eigenvalue weighted by Gasteiger charge is -2.32. The van der Waals surface area contributed by atoms with Crippen LogP contribution in [-0.4, -0.2) is 52.9 Å². The number of piperazine rings is 1. The van der Waals surface area contributed by atoms with Gasteiger partial charge < -0.3 is 14.4 Å². The Kier molecular flexibility index (Phi) is 3.80. The van der Waals surface area contributed by atoms with Crippen molar-refractivity contribution >= 4 is 12.3 Å². The quantitative estimate of drug-likeness (QED) is 0.699. The highest BCUT2D eigenvalue weighted by Crippen LogP contribution is 2.03. The van der Waals surface area contributed by atoms with Crippen molar-refractivity contribution in [1.29, 1.82) is 0 Å². The lowest BCUT2D eigenvalue weighted by Crippen LogP contribution is -2.48. The molecule has 0 bridgehead atoms. The average Bonchev–Trinajstić information content (AvgIpc) is 2.89. The highest BCUT2D eigenvalue weighted by atomic mass is 16.2. The number of hydrogen-bond donors (Lipinski definition) is 0. The third-order valence-corrected chi connectivity index (χ3v) is 3.07. The summed E-state index contributed by atoms with van der Waals surface area (Å²) in [4.78, 5) is 26.0. The molecule has 0 radical (unpaired) electrons. The second-order valence-electron chi connectivity index (χ2n) is 4.19. The summed E-state index contributed by atoms with van der Waals surface area (Å²) in [6.07, 6.45) is 5.28. The molecule has 1 aliphatic heterocycles. The Hall–Kier alpha value is -1.78. The van der Waals surface area contributed by atoms with Crippen LogP contribution in [0.15, 0.2) is 24.5 Å². The Bertz CT molecular complexity index is 367. The van der Waals surface area contributed by atoms with Gasteiger partial charge >= 0.3 is 0 Å². The van der Waals surface area contributed by atoms with Crippen molar-refractivity contribution < 1.29 is 9.59 Å². The van der Waals surface area contributed by atoms with E-state index in [0.717, 1.165) is 13.0 Å². The first kappa shape index (κ1) is 11.7. The van der Waals surface area contributed by atoms with Crippen LogP contribution in [0, 0.1) is 0 Å². The highest BCUT2D eigenvalue weighted by Gasteiger charge is 2.19. The standard InChI is InChI=1S/C12H17N3O2/c16-11-14-7-9-15(10-8-14)12(17)3-6-13-4-1-2-5-13/h1-2,4-5,11H,3,6-10H2. The van der Waals surface area contributed by atoms with Crippen molar-refractivity contribution in [3.8, 4) is 0 Å². The van der Waals surface area contributed by atoms with Gasteiger partial charge in [0, 0.05) is 51.5 Å². The number of rotatable bonds is 4. The molecule has 2 amide bonds. The monoisotopic (exact) mass is 235 g/mol. The maximum absolute atomic E-state index is 11.9. The van der Waals surface area contributed by atoms with E-state index in [9.17, 15) is 9.59 Å². The van der Waals surface area contributed by atoms with E-state index in [-0.39, 0.29) is 5.91 Å². The van der Waals surface area contributed by atoms with Crippen LogP contribution in [0.25, 0.3) is 0 Å². The molecule has 0 spiro atoms. The van der Waals surface area contributed by atoms with Gasteiger partial charge in [-0.1, -0.05) is 0 Å². The first-order valence-electron chi connectivity index (χ1n) is 5.87. The number of hydrogen-bond acceptors (Lipinski definition) is 2. The molecule has 0 unspecified atom stereocenters. The molecule has 0 atom stereocenters. The number of carbonyl (C=O) groups is 2. The van der Waals surface area contributed by atoms with Gasteiger partial charge in [-0.15, -0.1) is 0 Å². The fraction of sp³-hybridized carbons (Fsp3) is 0.500. The van der Waals surface area contributed by atoms with Crippen LogP contribution in [-0.2, 0) is 16.1 Å². The van der Waals surface area contributed by atoms with E-state index in [2.05, 4.69) is 0 Å². The zero-order valence-electron chi connectivity index (χ0n) is 9.79. The average molecular weight is 235 g/mol. The van der Waals surface area contributed by atoms with E-state index in [0.29, 0.717) is 32.6 Å². The fourth-order valence-electron chi connectivity index (χ4n) is 1.98. The van der Waals surface area contributed by atoms with E-state index in [1.165, 1.54) is 0 Å². The second kappa shape index (κ2) is 5.52. The highest BCUT2D eigenvalue weighted by molar-refractivity contribution is 5.76. The predicted molar refractivity (Wildman–Crippen MR) is 63.3 cm³/mol. The SMILES string of the molecule is O=CN1CCN(C(=O)CCn2cccc2)CC1. The summed E-state index contributed by atoms with van der Waals surface area (Å²) in [5.74, 6) is 0.171. The lowest BCUT2D eigenvalue weighted by atomic mass is 10.3. The van der Waals surface area contributed by atoms with E-state index < -0.39 is 0 Å². The van der Waals surface area contributed by atoms with Gasteiger partial charge in [0.1, 0.15) is 0 Å². The molecule has 1 aromatic heterocycles. The van der Waals surface area contributed by atoms with Crippen molar-refractivity contribution in [3.63, 3.8) is 0 Å². The van der Waals surface area contributed by atoms with Crippen molar-refractivity contribution in [3.05, 3.63) is 24.5 Å². The fourth-order valence-corrected chi connectivity index (χ4v) is 1.98. The van der Waals surface area contributed by atoms with Crippen LogP contribution in [0.4, 0.5) is 0 Å². The molecule has 2 heterocycles. The summed E-state index contributed by atoms with van der Waals surface area (Å²) in [6, 6.07) is 3.90.